The summed E-state index contributed by atoms with van der Waals surface area (Å²) in [6.07, 6.45) is 1.94. The minimum Gasteiger partial charge on any atom is -0.331 e. The molecule has 0 radical (unpaired) electrons. The van der Waals surface area contributed by atoms with Crippen LogP contribution in [0.4, 0.5) is 0 Å². The largest absolute Gasteiger partial charge is 0.331 e. The highest BCUT2D eigenvalue weighted by atomic mass is 15.1. The number of aromatic nitrogens is 2. The molecule has 0 saturated heterocycles. The van der Waals surface area contributed by atoms with E-state index in [0.29, 0.717) is 0 Å². The van der Waals surface area contributed by atoms with E-state index in [1.54, 1.807) is 0 Å². The van der Waals surface area contributed by atoms with E-state index < -0.39 is 0 Å². The summed E-state index contributed by atoms with van der Waals surface area (Å²) in [7, 11) is 2.08. The highest BCUT2D eigenvalue weighted by molar-refractivity contribution is 5.77. The maximum atomic E-state index is 5.56. The number of nitrogens with zero attached hydrogens (tertiary/aromatic N) is 2. The van der Waals surface area contributed by atoms with Crippen molar-refractivity contribution in [1.29, 1.82) is 0 Å². The number of hydrogen-bond acceptors (Lipinski definition) is 2. The van der Waals surface area contributed by atoms with E-state index in [-0.39, 0.29) is 5.41 Å². The summed E-state index contributed by atoms with van der Waals surface area (Å²) in [5.41, 5.74) is 9.36. The van der Waals surface area contributed by atoms with Crippen LogP contribution in [0.25, 0.3) is 11.0 Å². The van der Waals surface area contributed by atoms with Gasteiger partial charge in [0, 0.05) is 13.5 Å². The summed E-state index contributed by atoms with van der Waals surface area (Å²) in [6.45, 7) is 7.40. The second-order valence-corrected chi connectivity index (χ2v) is 5.93. The van der Waals surface area contributed by atoms with E-state index in [1.165, 1.54) is 11.1 Å². The summed E-state index contributed by atoms with van der Waals surface area (Å²) >= 11 is 0. The minimum atomic E-state index is 0.170. The molecular weight excluding hydrogens is 222 g/mol. The van der Waals surface area contributed by atoms with Gasteiger partial charge in [0.2, 0.25) is 0 Å². The Morgan fingerprint density at radius 1 is 1.28 bits per heavy atom. The lowest BCUT2D eigenvalue weighted by Gasteiger charge is -2.18. The molecule has 18 heavy (non-hydrogen) atoms. The first kappa shape index (κ1) is 13.1. The predicted molar refractivity (Wildman–Crippen MR) is 76.8 cm³/mol. The van der Waals surface area contributed by atoms with Crippen molar-refractivity contribution in [2.75, 3.05) is 6.54 Å². The number of benzene rings is 1. The molecule has 98 valence electrons. The van der Waals surface area contributed by atoms with Gasteiger partial charge in [-0.2, -0.15) is 0 Å². The molecule has 2 aromatic rings. The summed E-state index contributed by atoms with van der Waals surface area (Å²) in [5.74, 6) is 1.13. The van der Waals surface area contributed by atoms with Crippen LogP contribution in [0.1, 0.15) is 38.6 Å². The number of aryl methyl sites for hydroxylation is 2. The molecule has 3 heteroatoms. The normalized spacial score (nSPS) is 12.3. The predicted octanol–water partition coefficient (Wildman–Crippen LogP) is 2.76. The van der Waals surface area contributed by atoms with Gasteiger partial charge in [-0.3, -0.25) is 0 Å². The van der Waals surface area contributed by atoms with E-state index in [2.05, 4.69) is 50.6 Å². The number of fused-ring (bicyclic) bond motifs is 1. The van der Waals surface area contributed by atoms with Crippen LogP contribution < -0.4 is 5.73 Å². The van der Waals surface area contributed by atoms with Gasteiger partial charge in [0.25, 0.3) is 0 Å². The standard InChI is InChI=1S/C15H23N3/c1-15(2,3)11-7-8-13-12(10-11)17-14(18(13)4)6-5-9-16/h7-8,10H,5-6,9,16H2,1-4H3. The summed E-state index contributed by atoms with van der Waals surface area (Å²) in [6, 6.07) is 6.59. The van der Waals surface area contributed by atoms with Gasteiger partial charge in [-0.1, -0.05) is 26.8 Å². The van der Waals surface area contributed by atoms with Gasteiger partial charge >= 0.3 is 0 Å². The first-order chi connectivity index (χ1) is 8.43. The molecule has 1 aromatic heterocycles. The summed E-state index contributed by atoms with van der Waals surface area (Å²) in [4.78, 5) is 4.73. The zero-order chi connectivity index (χ0) is 13.3. The zero-order valence-electron chi connectivity index (χ0n) is 11.8. The molecule has 0 atom stereocenters. The summed E-state index contributed by atoms with van der Waals surface area (Å²) in [5, 5.41) is 0. The molecule has 0 saturated carbocycles. The van der Waals surface area contributed by atoms with Crippen LogP contribution in [0.2, 0.25) is 0 Å². The number of hydrogen-bond donors (Lipinski definition) is 1. The number of rotatable bonds is 3. The van der Waals surface area contributed by atoms with Gasteiger partial charge in [0.15, 0.2) is 0 Å². The first-order valence-corrected chi connectivity index (χ1v) is 6.59. The highest BCUT2D eigenvalue weighted by Gasteiger charge is 2.15. The second kappa shape index (κ2) is 4.73. The Bertz CT molecular complexity index is 547. The molecule has 3 nitrogen and oxygen atoms in total. The molecule has 0 amide bonds. The van der Waals surface area contributed by atoms with E-state index in [0.717, 1.165) is 30.7 Å². The van der Waals surface area contributed by atoms with Crippen LogP contribution >= 0.6 is 0 Å². The minimum absolute atomic E-state index is 0.170. The lowest BCUT2D eigenvalue weighted by Crippen LogP contribution is -2.10. The Morgan fingerprint density at radius 2 is 2.00 bits per heavy atom. The lowest BCUT2D eigenvalue weighted by atomic mass is 9.87. The molecular formula is C15H23N3. The molecule has 2 N–H and O–H groups in total. The Morgan fingerprint density at radius 3 is 2.61 bits per heavy atom. The third-order valence-electron chi connectivity index (χ3n) is 3.44. The van der Waals surface area contributed by atoms with Gasteiger partial charge in [0.05, 0.1) is 11.0 Å². The molecule has 2 rings (SSSR count). The average Bonchev–Trinajstić information content (AvgIpc) is 2.62. The van der Waals surface area contributed by atoms with Gasteiger partial charge in [-0.15, -0.1) is 0 Å². The molecule has 0 aliphatic rings. The monoisotopic (exact) mass is 245 g/mol. The lowest BCUT2D eigenvalue weighted by molar-refractivity contribution is 0.591. The van der Waals surface area contributed by atoms with Crippen LogP contribution in [0.3, 0.4) is 0 Å². The fraction of sp³-hybridized carbons (Fsp3) is 0.533. The van der Waals surface area contributed by atoms with Crippen molar-refractivity contribution in [3.05, 3.63) is 29.6 Å². The molecule has 0 aliphatic carbocycles. The van der Waals surface area contributed by atoms with Crippen molar-refractivity contribution >= 4 is 11.0 Å². The van der Waals surface area contributed by atoms with Crippen molar-refractivity contribution in [3.63, 3.8) is 0 Å². The second-order valence-electron chi connectivity index (χ2n) is 5.93. The molecule has 0 aliphatic heterocycles. The Kier molecular flexibility index (Phi) is 3.44. The maximum absolute atomic E-state index is 5.56. The van der Waals surface area contributed by atoms with Crippen LogP contribution in [0, 0.1) is 0 Å². The molecule has 0 bridgehead atoms. The third kappa shape index (κ3) is 2.41. The molecule has 1 heterocycles. The van der Waals surface area contributed by atoms with E-state index in [9.17, 15) is 0 Å². The van der Waals surface area contributed by atoms with E-state index in [1.807, 2.05) is 0 Å². The fourth-order valence-corrected chi connectivity index (χ4v) is 2.20. The average molecular weight is 245 g/mol. The van der Waals surface area contributed by atoms with Crippen molar-refractivity contribution in [2.45, 2.75) is 39.0 Å². The summed E-state index contributed by atoms with van der Waals surface area (Å²) < 4.78 is 2.18. The van der Waals surface area contributed by atoms with Gasteiger partial charge in [0.1, 0.15) is 5.82 Å². The Labute approximate surface area is 109 Å². The molecule has 0 fully saturated rings. The zero-order valence-corrected chi connectivity index (χ0v) is 11.8. The third-order valence-corrected chi connectivity index (χ3v) is 3.44. The van der Waals surface area contributed by atoms with Crippen molar-refractivity contribution < 1.29 is 0 Å². The van der Waals surface area contributed by atoms with Crippen LogP contribution in [-0.4, -0.2) is 16.1 Å². The number of imidazole rings is 1. The van der Waals surface area contributed by atoms with Crippen LogP contribution in [0.15, 0.2) is 18.2 Å². The highest BCUT2D eigenvalue weighted by Crippen LogP contribution is 2.26. The molecule has 1 aromatic carbocycles. The Balaban J connectivity index is 2.45. The smallest absolute Gasteiger partial charge is 0.109 e. The van der Waals surface area contributed by atoms with Crippen LogP contribution in [-0.2, 0) is 18.9 Å². The molecule has 0 unspecified atom stereocenters. The quantitative estimate of drug-likeness (QED) is 0.903. The topological polar surface area (TPSA) is 43.8 Å². The van der Waals surface area contributed by atoms with E-state index in [4.69, 9.17) is 10.7 Å². The number of nitrogens with two attached hydrogens (primary N) is 1. The van der Waals surface area contributed by atoms with E-state index >= 15 is 0 Å². The van der Waals surface area contributed by atoms with Gasteiger partial charge < -0.3 is 10.3 Å². The first-order valence-electron chi connectivity index (χ1n) is 6.59. The maximum Gasteiger partial charge on any atom is 0.109 e. The molecule has 0 spiro atoms. The Hall–Kier alpha value is -1.35. The van der Waals surface area contributed by atoms with Gasteiger partial charge in [-0.25, -0.2) is 4.98 Å². The van der Waals surface area contributed by atoms with Crippen LogP contribution in [0.5, 0.6) is 0 Å². The van der Waals surface area contributed by atoms with Gasteiger partial charge in [-0.05, 0) is 36.1 Å². The fourth-order valence-electron chi connectivity index (χ4n) is 2.20. The van der Waals surface area contributed by atoms with Crippen molar-refractivity contribution in [2.24, 2.45) is 12.8 Å². The van der Waals surface area contributed by atoms with Crippen molar-refractivity contribution in [3.8, 4) is 0 Å². The van der Waals surface area contributed by atoms with Crippen molar-refractivity contribution in [1.82, 2.24) is 9.55 Å². The SMILES string of the molecule is Cn1c(CCCN)nc2cc(C(C)(C)C)ccc21.